The predicted octanol–water partition coefficient (Wildman–Crippen LogP) is 2.07. The van der Waals surface area contributed by atoms with Crippen molar-refractivity contribution in [3.8, 4) is 17.6 Å². The quantitative estimate of drug-likeness (QED) is 0.462. The van der Waals surface area contributed by atoms with Crippen molar-refractivity contribution in [1.29, 1.82) is 5.26 Å². The third-order valence-corrected chi connectivity index (χ3v) is 3.41. The van der Waals surface area contributed by atoms with Crippen molar-refractivity contribution in [2.75, 3.05) is 7.11 Å². The van der Waals surface area contributed by atoms with Crippen LogP contribution in [0.4, 0.5) is 5.69 Å². The number of hydrogen-bond donors (Lipinski definition) is 2. The Kier molecular flexibility index (Phi) is 5.84. The van der Waals surface area contributed by atoms with Crippen molar-refractivity contribution >= 4 is 17.8 Å². The molecule has 0 aliphatic rings. The van der Waals surface area contributed by atoms with Gasteiger partial charge in [0.25, 0.3) is 5.91 Å². The number of hydrogen-bond acceptors (Lipinski definition) is 7. The summed E-state index contributed by atoms with van der Waals surface area (Å²) in [6.07, 6.45) is 1.15. The van der Waals surface area contributed by atoms with E-state index < -0.39 is 28.2 Å². The van der Waals surface area contributed by atoms with Crippen LogP contribution in [0.15, 0.2) is 47.6 Å². The van der Waals surface area contributed by atoms with Gasteiger partial charge in [-0.25, -0.2) is 5.43 Å². The monoisotopic (exact) mass is 354 g/mol. The molecule has 132 valence electrons. The van der Waals surface area contributed by atoms with Gasteiger partial charge in [-0.3, -0.25) is 14.9 Å². The van der Waals surface area contributed by atoms with Crippen LogP contribution in [-0.4, -0.2) is 29.3 Å². The summed E-state index contributed by atoms with van der Waals surface area (Å²) in [5.74, 6) is -2.40. The highest BCUT2D eigenvalue weighted by Gasteiger charge is 2.20. The van der Waals surface area contributed by atoms with Gasteiger partial charge in [-0.1, -0.05) is 30.3 Å². The first-order valence-corrected chi connectivity index (χ1v) is 7.30. The fourth-order valence-electron chi connectivity index (χ4n) is 2.15. The molecular formula is C17H14N4O5. The lowest BCUT2D eigenvalue weighted by Gasteiger charge is -2.07. The molecule has 26 heavy (non-hydrogen) atoms. The largest absolute Gasteiger partial charge is 0.500 e. The summed E-state index contributed by atoms with van der Waals surface area (Å²) in [6, 6.07) is 12.7. The SMILES string of the molecule is COc1cc(/C=N\NC(=O)[C@@H](C#N)c2ccccc2)cc([N+](=O)[O-])c1O. The van der Waals surface area contributed by atoms with Crippen LogP contribution in [-0.2, 0) is 4.79 Å². The molecule has 0 aliphatic heterocycles. The number of nitro benzene ring substituents is 1. The number of phenols is 1. The van der Waals surface area contributed by atoms with Gasteiger partial charge < -0.3 is 9.84 Å². The van der Waals surface area contributed by atoms with Gasteiger partial charge >= 0.3 is 5.69 Å². The summed E-state index contributed by atoms with van der Waals surface area (Å²) in [5.41, 5.74) is 2.40. The number of nitro groups is 1. The molecule has 9 nitrogen and oxygen atoms in total. The highest BCUT2D eigenvalue weighted by Crippen LogP contribution is 2.36. The van der Waals surface area contributed by atoms with E-state index in [0.29, 0.717) is 5.56 Å². The van der Waals surface area contributed by atoms with E-state index >= 15 is 0 Å². The first-order valence-electron chi connectivity index (χ1n) is 7.30. The molecule has 0 radical (unpaired) electrons. The Morgan fingerprint density at radius 1 is 1.42 bits per heavy atom. The number of aromatic hydroxyl groups is 1. The molecule has 0 aliphatic carbocycles. The molecule has 0 heterocycles. The summed E-state index contributed by atoms with van der Waals surface area (Å²) in [4.78, 5) is 22.3. The molecular weight excluding hydrogens is 340 g/mol. The minimum absolute atomic E-state index is 0.105. The molecule has 9 heteroatoms. The van der Waals surface area contributed by atoms with Gasteiger partial charge in [-0.15, -0.1) is 0 Å². The van der Waals surface area contributed by atoms with Gasteiger partial charge in [-0.05, 0) is 11.6 Å². The van der Waals surface area contributed by atoms with Crippen LogP contribution in [0, 0.1) is 21.4 Å². The third-order valence-electron chi connectivity index (χ3n) is 3.41. The Labute approximate surface area is 148 Å². The standard InChI is InChI=1S/C17H14N4O5/c1-26-15-8-11(7-14(16(15)22)21(24)25)10-19-20-17(23)13(9-18)12-5-3-2-4-6-12/h2-8,10,13,22H,1H3,(H,20,23)/b19-10-/t13-/m0/s1. The predicted molar refractivity (Wildman–Crippen MR) is 91.8 cm³/mol. The molecule has 0 saturated carbocycles. The lowest BCUT2D eigenvalue weighted by molar-refractivity contribution is -0.386. The van der Waals surface area contributed by atoms with E-state index in [-0.39, 0.29) is 11.3 Å². The van der Waals surface area contributed by atoms with Gasteiger partial charge in [0.2, 0.25) is 5.75 Å². The van der Waals surface area contributed by atoms with E-state index in [1.54, 1.807) is 30.3 Å². The molecule has 0 unspecified atom stereocenters. The van der Waals surface area contributed by atoms with Crippen molar-refractivity contribution in [2.45, 2.75) is 5.92 Å². The molecule has 0 bridgehead atoms. The van der Waals surface area contributed by atoms with Crippen molar-refractivity contribution < 1.29 is 19.6 Å². The van der Waals surface area contributed by atoms with Gasteiger partial charge in [0.05, 0.1) is 24.3 Å². The average Bonchev–Trinajstić information content (AvgIpc) is 2.64. The highest BCUT2D eigenvalue weighted by atomic mass is 16.6. The molecule has 0 spiro atoms. The number of nitrogens with zero attached hydrogens (tertiary/aromatic N) is 3. The van der Waals surface area contributed by atoms with Crippen LogP contribution in [0.1, 0.15) is 17.0 Å². The Bertz CT molecular complexity index is 890. The van der Waals surface area contributed by atoms with Gasteiger partial charge in [-0.2, -0.15) is 10.4 Å². The van der Waals surface area contributed by atoms with Gasteiger partial charge in [0.1, 0.15) is 0 Å². The molecule has 0 saturated heterocycles. The maximum absolute atomic E-state index is 12.1. The summed E-state index contributed by atoms with van der Waals surface area (Å²) in [6.45, 7) is 0. The molecule has 2 aromatic carbocycles. The average molecular weight is 354 g/mol. The number of ether oxygens (including phenoxy) is 1. The number of rotatable bonds is 6. The van der Waals surface area contributed by atoms with Crippen LogP contribution < -0.4 is 10.2 Å². The van der Waals surface area contributed by atoms with Crippen LogP contribution >= 0.6 is 0 Å². The number of nitriles is 1. The maximum Gasteiger partial charge on any atom is 0.315 e. The summed E-state index contributed by atoms with van der Waals surface area (Å²) < 4.78 is 4.87. The number of carbonyl (C=O) groups excluding carboxylic acids is 1. The minimum Gasteiger partial charge on any atom is -0.500 e. The zero-order chi connectivity index (χ0) is 19.1. The first-order chi connectivity index (χ1) is 12.5. The topological polar surface area (TPSA) is 138 Å². The second kappa shape index (κ2) is 8.25. The van der Waals surface area contributed by atoms with Crippen molar-refractivity contribution in [2.24, 2.45) is 5.10 Å². The summed E-state index contributed by atoms with van der Waals surface area (Å²) in [7, 11) is 1.25. The van der Waals surface area contributed by atoms with Gasteiger partial charge in [0.15, 0.2) is 11.7 Å². The Balaban J connectivity index is 2.17. The Hall–Kier alpha value is -3.93. The van der Waals surface area contributed by atoms with E-state index in [0.717, 1.165) is 12.3 Å². The van der Waals surface area contributed by atoms with E-state index in [9.17, 15) is 25.3 Å². The highest BCUT2D eigenvalue weighted by molar-refractivity contribution is 5.88. The second-order valence-corrected chi connectivity index (χ2v) is 5.06. The smallest absolute Gasteiger partial charge is 0.315 e. The number of hydrazone groups is 1. The number of methoxy groups -OCH3 is 1. The molecule has 2 N–H and O–H groups in total. The Morgan fingerprint density at radius 2 is 2.12 bits per heavy atom. The normalized spacial score (nSPS) is 11.5. The molecule has 2 rings (SSSR count). The lowest BCUT2D eigenvalue weighted by Crippen LogP contribution is -2.24. The summed E-state index contributed by atoms with van der Waals surface area (Å²) in [5, 5.41) is 33.5. The third kappa shape index (κ3) is 4.12. The number of phenolic OH excluding ortho intramolecular Hbond substituents is 1. The zero-order valence-corrected chi connectivity index (χ0v) is 13.6. The lowest BCUT2D eigenvalue weighted by atomic mass is 10.0. The van der Waals surface area contributed by atoms with Crippen molar-refractivity contribution in [1.82, 2.24) is 5.43 Å². The van der Waals surface area contributed by atoms with E-state index in [1.165, 1.54) is 13.2 Å². The van der Waals surface area contributed by atoms with Crippen LogP contribution in [0.2, 0.25) is 0 Å². The molecule has 1 amide bonds. The van der Waals surface area contributed by atoms with Crippen LogP contribution in [0.25, 0.3) is 0 Å². The molecule has 0 fully saturated rings. The summed E-state index contributed by atoms with van der Waals surface area (Å²) >= 11 is 0. The van der Waals surface area contributed by atoms with Crippen LogP contribution in [0.3, 0.4) is 0 Å². The Morgan fingerprint density at radius 3 is 2.69 bits per heavy atom. The van der Waals surface area contributed by atoms with Crippen molar-refractivity contribution in [3.05, 3.63) is 63.7 Å². The van der Waals surface area contributed by atoms with Gasteiger partial charge in [0, 0.05) is 11.6 Å². The fourth-order valence-corrected chi connectivity index (χ4v) is 2.15. The first kappa shape index (κ1) is 18.4. The van der Waals surface area contributed by atoms with Crippen molar-refractivity contribution in [3.63, 3.8) is 0 Å². The van der Waals surface area contributed by atoms with E-state index in [2.05, 4.69) is 10.5 Å². The van der Waals surface area contributed by atoms with E-state index in [4.69, 9.17) is 4.74 Å². The second-order valence-electron chi connectivity index (χ2n) is 5.06. The number of benzene rings is 2. The van der Waals surface area contributed by atoms with E-state index in [1.807, 2.05) is 6.07 Å². The number of amides is 1. The van der Waals surface area contributed by atoms with Crippen LogP contribution in [0.5, 0.6) is 11.5 Å². The number of carbonyl (C=O) groups is 1. The molecule has 2 aromatic rings. The maximum atomic E-state index is 12.1. The zero-order valence-electron chi connectivity index (χ0n) is 13.6. The molecule has 1 atom stereocenters. The number of nitrogens with one attached hydrogen (secondary N) is 1. The molecule has 0 aromatic heterocycles. The fraction of sp³-hybridized carbons (Fsp3) is 0.118. The minimum atomic E-state index is -1.04.